The first-order valence-corrected chi connectivity index (χ1v) is 7.52. The molecule has 1 aromatic carbocycles. The Labute approximate surface area is 130 Å². The lowest BCUT2D eigenvalue weighted by Crippen LogP contribution is -2.41. The smallest absolute Gasteiger partial charge is 0.326 e. The maximum absolute atomic E-state index is 11.4. The molecule has 0 aliphatic carbocycles. The van der Waals surface area contributed by atoms with Crippen LogP contribution in [0.25, 0.3) is 0 Å². The molecule has 1 aliphatic rings. The molecule has 1 aromatic rings. The molecule has 20 heavy (non-hydrogen) atoms. The van der Waals surface area contributed by atoms with Crippen LogP contribution in [-0.2, 0) is 4.79 Å². The first-order chi connectivity index (χ1) is 9.50. The van der Waals surface area contributed by atoms with E-state index in [1.165, 1.54) is 6.07 Å². The van der Waals surface area contributed by atoms with Gasteiger partial charge < -0.3 is 10.0 Å². The third-order valence-electron chi connectivity index (χ3n) is 3.48. The normalized spacial score (nSPS) is 19.4. The average molecular weight is 390 g/mol. The van der Waals surface area contributed by atoms with Gasteiger partial charge >= 0.3 is 5.97 Å². The predicted octanol–water partition coefficient (Wildman–Crippen LogP) is 3.03. The van der Waals surface area contributed by atoms with Crippen LogP contribution in [0.2, 0.25) is 0 Å². The number of nitro groups is 1. The van der Waals surface area contributed by atoms with Crippen LogP contribution in [0.1, 0.15) is 25.7 Å². The first-order valence-electron chi connectivity index (χ1n) is 6.44. The molecule has 7 heteroatoms. The number of hydrogen-bond donors (Lipinski definition) is 1. The summed E-state index contributed by atoms with van der Waals surface area (Å²) < 4.78 is 0.764. The molecule has 0 aromatic heterocycles. The van der Waals surface area contributed by atoms with Gasteiger partial charge in [-0.05, 0) is 47.6 Å². The monoisotopic (exact) mass is 390 g/mol. The Morgan fingerprint density at radius 3 is 2.80 bits per heavy atom. The van der Waals surface area contributed by atoms with Crippen LogP contribution in [0, 0.1) is 13.7 Å². The minimum Gasteiger partial charge on any atom is -0.480 e. The van der Waals surface area contributed by atoms with Crippen LogP contribution in [0.15, 0.2) is 18.2 Å². The van der Waals surface area contributed by atoms with Crippen molar-refractivity contribution in [1.29, 1.82) is 0 Å². The number of carbonyl (C=O) groups is 1. The maximum Gasteiger partial charge on any atom is 0.326 e. The number of carboxylic acid groups (broad SMARTS) is 1. The van der Waals surface area contributed by atoms with Gasteiger partial charge in [0.15, 0.2) is 0 Å². The number of nitrogens with zero attached hydrogens (tertiary/aromatic N) is 2. The Morgan fingerprint density at radius 2 is 2.15 bits per heavy atom. The summed E-state index contributed by atoms with van der Waals surface area (Å²) in [6.07, 6.45) is 3.18. The minimum atomic E-state index is -0.917. The highest BCUT2D eigenvalue weighted by Crippen LogP contribution is 2.33. The fraction of sp³-hybridized carbons (Fsp3) is 0.462. The number of benzene rings is 1. The fourth-order valence-electron chi connectivity index (χ4n) is 2.54. The quantitative estimate of drug-likeness (QED) is 0.487. The summed E-state index contributed by atoms with van der Waals surface area (Å²) >= 11 is 2.01. The van der Waals surface area contributed by atoms with E-state index in [1.54, 1.807) is 17.0 Å². The highest BCUT2D eigenvalue weighted by atomic mass is 127. The molecular weight excluding hydrogens is 375 g/mol. The molecule has 1 unspecified atom stereocenters. The molecule has 1 saturated heterocycles. The van der Waals surface area contributed by atoms with Crippen LogP contribution in [0.5, 0.6) is 0 Å². The number of carboxylic acids is 1. The van der Waals surface area contributed by atoms with Gasteiger partial charge in [-0.2, -0.15) is 0 Å². The zero-order valence-electron chi connectivity index (χ0n) is 10.8. The second kappa shape index (κ2) is 6.38. The minimum absolute atomic E-state index is 0.0231. The van der Waals surface area contributed by atoms with E-state index < -0.39 is 16.9 Å². The zero-order valence-corrected chi connectivity index (χ0v) is 12.9. The van der Waals surface area contributed by atoms with E-state index >= 15 is 0 Å². The highest BCUT2D eigenvalue weighted by Gasteiger charge is 2.31. The van der Waals surface area contributed by atoms with E-state index in [1.807, 2.05) is 22.6 Å². The van der Waals surface area contributed by atoms with Crippen LogP contribution in [0.4, 0.5) is 11.4 Å². The van der Waals surface area contributed by atoms with Gasteiger partial charge in [-0.1, -0.05) is 12.8 Å². The Balaban J connectivity index is 2.46. The Morgan fingerprint density at radius 1 is 1.40 bits per heavy atom. The van der Waals surface area contributed by atoms with E-state index in [4.69, 9.17) is 0 Å². The van der Waals surface area contributed by atoms with Gasteiger partial charge in [-0.25, -0.2) is 4.79 Å². The van der Waals surface area contributed by atoms with Crippen molar-refractivity contribution in [3.05, 3.63) is 31.9 Å². The van der Waals surface area contributed by atoms with Gasteiger partial charge in [0.25, 0.3) is 5.69 Å². The molecule has 0 bridgehead atoms. The van der Waals surface area contributed by atoms with Gasteiger partial charge in [-0.3, -0.25) is 10.1 Å². The number of anilines is 1. The van der Waals surface area contributed by atoms with Gasteiger partial charge in [-0.15, -0.1) is 0 Å². The topological polar surface area (TPSA) is 83.7 Å². The predicted molar refractivity (Wildman–Crippen MR) is 83.1 cm³/mol. The number of halogens is 1. The van der Waals surface area contributed by atoms with Crippen LogP contribution >= 0.6 is 22.6 Å². The number of aliphatic carboxylic acids is 1. The molecule has 2 rings (SSSR count). The van der Waals surface area contributed by atoms with Gasteiger partial charge in [0, 0.05) is 16.2 Å². The summed E-state index contributed by atoms with van der Waals surface area (Å²) in [5.74, 6) is -0.917. The standard InChI is InChI=1S/C13H15IN2O4/c14-9-5-6-10(12(8-9)16(19)20)15-7-3-1-2-4-11(15)13(17)18/h5-6,8,11H,1-4,7H2,(H,17,18). The molecule has 1 fully saturated rings. The lowest BCUT2D eigenvalue weighted by atomic mass is 10.1. The molecular formula is C13H15IN2O4. The van der Waals surface area contributed by atoms with Crippen molar-refractivity contribution in [2.45, 2.75) is 31.7 Å². The van der Waals surface area contributed by atoms with Crippen molar-refractivity contribution < 1.29 is 14.8 Å². The molecule has 0 saturated carbocycles. The third kappa shape index (κ3) is 3.20. The maximum atomic E-state index is 11.4. The van der Waals surface area contributed by atoms with Crippen molar-refractivity contribution in [1.82, 2.24) is 0 Å². The van der Waals surface area contributed by atoms with Crippen molar-refractivity contribution >= 4 is 39.9 Å². The highest BCUT2D eigenvalue weighted by molar-refractivity contribution is 14.1. The van der Waals surface area contributed by atoms with Crippen molar-refractivity contribution in [3.63, 3.8) is 0 Å². The molecule has 108 valence electrons. The van der Waals surface area contributed by atoms with Crippen LogP contribution in [-0.4, -0.2) is 28.6 Å². The summed E-state index contributed by atoms with van der Waals surface area (Å²) in [7, 11) is 0. The Bertz CT molecular complexity index is 535. The van der Waals surface area contributed by atoms with E-state index in [0.29, 0.717) is 18.7 Å². The SMILES string of the molecule is O=C(O)C1CCCCCN1c1ccc(I)cc1[N+](=O)[O-]. The molecule has 0 amide bonds. The Kier molecular flexibility index (Phi) is 4.79. The number of rotatable bonds is 3. The van der Waals surface area contributed by atoms with Gasteiger partial charge in [0.1, 0.15) is 11.7 Å². The molecule has 0 spiro atoms. The van der Waals surface area contributed by atoms with Gasteiger partial charge in [0.05, 0.1) is 4.92 Å². The summed E-state index contributed by atoms with van der Waals surface area (Å²) in [4.78, 5) is 23.9. The van der Waals surface area contributed by atoms with Gasteiger partial charge in [0.2, 0.25) is 0 Å². The molecule has 6 nitrogen and oxygen atoms in total. The average Bonchev–Trinajstić information content (AvgIpc) is 2.64. The molecule has 1 atom stereocenters. The third-order valence-corrected chi connectivity index (χ3v) is 4.15. The van der Waals surface area contributed by atoms with Crippen molar-refractivity contribution in [2.24, 2.45) is 0 Å². The summed E-state index contributed by atoms with van der Waals surface area (Å²) in [5, 5.41) is 20.6. The summed E-state index contributed by atoms with van der Waals surface area (Å²) in [5.41, 5.74) is 0.384. The van der Waals surface area contributed by atoms with Crippen LogP contribution < -0.4 is 4.90 Å². The summed E-state index contributed by atoms with van der Waals surface area (Å²) in [6, 6.07) is 4.23. The van der Waals surface area contributed by atoms with E-state index in [0.717, 1.165) is 22.8 Å². The molecule has 0 radical (unpaired) electrons. The molecule has 1 N–H and O–H groups in total. The van der Waals surface area contributed by atoms with E-state index in [-0.39, 0.29) is 5.69 Å². The van der Waals surface area contributed by atoms with Crippen LogP contribution in [0.3, 0.4) is 0 Å². The number of nitro benzene ring substituents is 1. The zero-order chi connectivity index (χ0) is 14.7. The molecule has 1 heterocycles. The van der Waals surface area contributed by atoms with Crippen molar-refractivity contribution in [3.8, 4) is 0 Å². The van der Waals surface area contributed by atoms with E-state index in [2.05, 4.69) is 0 Å². The second-order valence-corrected chi connectivity index (χ2v) is 6.03. The lowest BCUT2D eigenvalue weighted by molar-refractivity contribution is -0.384. The fourth-order valence-corrected chi connectivity index (χ4v) is 3.01. The lowest BCUT2D eigenvalue weighted by Gasteiger charge is -2.28. The second-order valence-electron chi connectivity index (χ2n) is 4.79. The Hall–Kier alpha value is -1.38. The first kappa shape index (κ1) is 15.0. The molecule has 1 aliphatic heterocycles. The van der Waals surface area contributed by atoms with E-state index in [9.17, 15) is 20.0 Å². The largest absolute Gasteiger partial charge is 0.480 e. The summed E-state index contributed by atoms with van der Waals surface area (Å²) in [6.45, 7) is 0.540. The van der Waals surface area contributed by atoms with Crippen molar-refractivity contribution in [2.75, 3.05) is 11.4 Å². The number of hydrogen-bond acceptors (Lipinski definition) is 4.